The Bertz CT molecular complexity index is 618. The number of rotatable bonds is 5. The largest absolute Gasteiger partial charge is 0.497 e. The van der Waals surface area contributed by atoms with Crippen molar-refractivity contribution in [1.29, 1.82) is 0 Å². The second-order valence-electron chi connectivity index (χ2n) is 5.47. The van der Waals surface area contributed by atoms with Crippen LogP contribution in [0.5, 0.6) is 5.75 Å². The highest BCUT2D eigenvalue weighted by molar-refractivity contribution is 5.73. The van der Waals surface area contributed by atoms with Gasteiger partial charge in [0.2, 0.25) is 0 Å². The van der Waals surface area contributed by atoms with E-state index in [1.807, 2.05) is 22.9 Å². The van der Waals surface area contributed by atoms with Crippen LogP contribution in [0.3, 0.4) is 0 Å². The highest BCUT2D eigenvalue weighted by Crippen LogP contribution is 2.50. The van der Waals surface area contributed by atoms with E-state index in [2.05, 4.69) is 22.4 Å². The van der Waals surface area contributed by atoms with Gasteiger partial charge in [-0.2, -0.15) is 0 Å². The van der Waals surface area contributed by atoms with Crippen LogP contribution in [0.15, 0.2) is 18.2 Å². The summed E-state index contributed by atoms with van der Waals surface area (Å²) in [7, 11) is 1.63. The van der Waals surface area contributed by atoms with Crippen LogP contribution in [0, 0.1) is 5.41 Å². The van der Waals surface area contributed by atoms with Gasteiger partial charge in [-0.05, 0) is 53.3 Å². The van der Waals surface area contributed by atoms with Gasteiger partial charge in [0.25, 0.3) is 0 Å². The van der Waals surface area contributed by atoms with Crippen LogP contribution in [-0.2, 0) is 6.54 Å². The maximum absolute atomic E-state index is 6.05. The number of anilines is 1. The summed E-state index contributed by atoms with van der Waals surface area (Å²) in [4.78, 5) is 0. The molecule has 0 spiro atoms. The van der Waals surface area contributed by atoms with Gasteiger partial charge in [-0.15, -0.1) is 5.10 Å². The third-order valence-electron chi connectivity index (χ3n) is 4.23. The van der Waals surface area contributed by atoms with Gasteiger partial charge < -0.3 is 10.5 Å². The quantitative estimate of drug-likeness (QED) is 0.844. The number of nitrogens with two attached hydrogens (primary N) is 1. The van der Waals surface area contributed by atoms with Crippen LogP contribution < -0.4 is 10.5 Å². The Morgan fingerprint density at radius 3 is 2.85 bits per heavy atom. The SMILES string of the molecule is CCC1(Cn2nnnc2-c2cc(OC)ccc2N)CC1. The molecule has 20 heavy (non-hydrogen) atoms. The summed E-state index contributed by atoms with van der Waals surface area (Å²) in [6, 6.07) is 5.53. The van der Waals surface area contributed by atoms with E-state index in [0.29, 0.717) is 16.9 Å². The second kappa shape index (κ2) is 4.77. The number of nitrogen functional groups attached to an aromatic ring is 1. The first-order chi connectivity index (χ1) is 9.67. The lowest BCUT2D eigenvalue weighted by molar-refractivity contribution is 0.382. The average molecular weight is 273 g/mol. The van der Waals surface area contributed by atoms with Crippen molar-refractivity contribution in [1.82, 2.24) is 20.2 Å². The first-order valence-corrected chi connectivity index (χ1v) is 6.87. The number of aromatic nitrogens is 4. The number of tetrazole rings is 1. The topological polar surface area (TPSA) is 78.8 Å². The van der Waals surface area contributed by atoms with Crippen molar-refractivity contribution in [3.63, 3.8) is 0 Å². The fourth-order valence-electron chi connectivity index (χ4n) is 2.48. The fraction of sp³-hybridized carbons (Fsp3) is 0.500. The van der Waals surface area contributed by atoms with Gasteiger partial charge in [-0.3, -0.25) is 0 Å². The zero-order chi connectivity index (χ0) is 14.2. The summed E-state index contributed by atoms with van der Waals surface area (Å²) in [6.45, 7) is 3.07. The van der Waals surface area contributed by atoms with Crippen LogP contribution >= 0.6 is 0 Å². The Morgan fingerprint density at radius 1 is 1.40 bits per heavy atom. The zero-order valence-corrected chi connectivity index (χ0v) is 11.8. The van der Waals surface area contributed by atoms with Gasteiger partial charge in [-0.25, -0.2) is 4.68 Å². The van der Waals surface area contributed by atoms with Crippen molar-refractivity contribution in [3.8, 4) is 17.1 Å². The number of methoxy groups -OCH3 is 1. The van der Waals surface area contributed by atoms with Gasteiger partial charge in [0.05, 0.1) is 13.7 Å². The number of benzene rings is 1. The standard InChI is InChI=1S/C14H19N5O/c1-3-14(6-7-14)9-19-13(16-17-18-19)11-8-10(20-2)4-5-12(11)15/h4-5,8H,3,6-7,9,15H2,1-2H3. The van der Waals surface area contributed by atoms with Gasteiger partial charge >= 0.3 is 0 Å². The van der Waals surface area contributed by atoms with Crippen LogP contribution in [0.4, 0.5) is 5.69 Å². The maximum Gasteiger partial charge on any atom is 0.184 e. The summed E-state index contributed by atoms with van der Waals surface area (Å²) in [6.07, 6.45) is 3.65. The minimum absolute atomic E-state index is 0.373. The van der Waals surface area contributed by atoms with Crippen molar-refractivity contribution >= 4 is 5.69 Å². The molecule has 0 saturated heterocycles. The lowest BCUT2D eigenvalue weighted by atomic mass is 10.0. The summed E-state index contributed by atoms with van der Waals surface area (Å²) in [5, 5.41) is 12.1. The minimum Gasteiger partial charge on any atom is -0.497 e. The van der Waals surface area contributed by atoms with Gasteiger partial charge in [-0.1, -0.05) is 6.92 Å². The number of hydrogen-bond donors (Lipinski definition) is 1. The molecule has 0 atom stereocenters. The first kappa shape index (κ1) is 12.9. The molecule has 1 aliphatic carbocycles. The number of hydrogen-bond acceptors (Lipinski definition) is 5. The van der Waals surface area contributed by atoms with E-state index in [-0.39, 0.29) is 0 Å². The van der Waals surface area contributed by atoms with E-state index in [1.54, 1.807) is 7.11 Å². The minimum atomic E-state index is 0.373. The Balaban J connectivity index is 1.97. The van der Waals surface area contributed by atoms with Gasteiger partial charge in [0.15, 0.2) is 5.82 Å². The average Bonchev–Trinajstić information content (AvgIpc) is 3.10. The first-order valence-electron chi connectivity index (χ1n) is 6.87. The normalized spacial score (nSPS) is 16.1. The molecule has 1 heterocycles. The number of nitrogens with zero attached hydrogens (tertiary/aromatic N) is 4. The van der Waals surface area contributed by atoms with Crippen molar-refractivity contribution in [2.24, 2.45) is 5.41 Å². The van der Waals surface area contributed by atoms with Crippen LogP contribution in [0.25, 0.3) is 11.4 Å². The summed E-state index contributed by atoms with van der Waals surface area (Å²) in [5.41, 5.74) is 7.90. The van der Waals surface area contributed by atoms with E-state index in [9.17, 15) is 0 Å². The van der Waals surface area contributed by atoms with E-state index in [0.717, 1.165) is 24.3 Å². The summed E-state index contributed by atoms with van der Waals surface area (Å²) >= 11 is 0. The summed E-state index contributed by atoms with van der Waals surface area (Å²) < 4.78 is 7.11. The van der Waals surface area contributed by atoms with Crippen LogP contribution in [0.2, 0.25) is 0 Å². The lowest BCUT2D eigenvalue weighted by Crippen LogP contribution is -2.13. The maximum atomic E-state index is 6.05. The third kappa shape index (κ3) is 2.21. The van der Waals surface area contributed by atoms with E-state index in [1.165, 1.54) is 12.8 Å². The molecular weight excluding hydrogens is 254 g/mol. The molecule has 106 valence electrons. The van der Waals surface area contributed by atoms with Crippen LogP contribution in [0.1, 0.15) is 26.2 Å². The molecule has 1 aliphatic rings. The molecule has 0 radical (unpaired) electrons. The van der Waals surface area contributed by atoms with E-state index >= 15 is 0 Å². The molecule has 1 saturated carbocycles. The van der Waals surface area contributed by atoms with Gasteiger partial charge in [0.1, 0.15) is 5.75 Å². The molecule has 1 aromatic carbocycles. The highest BCUT2D eigenvalue weighted by Gasteiger charge is 2.41. The van der Waals surface area contributed by atoms with E-state index < -0.39 is 0 Å². The molecule has 1 fully saturated rings. The molecule has 0 aliphatic heterocycles. The molecule has 0 amide bonds. The lowest BCUT2D eigenvalue weighted by Gasteiger charge is -2.14. The molecule has 6 nitrogen and oxygen atoms in total. The van der Waals surface area contributed by atoms with Crippen molar-refractivity contribution < 1.29 is 4.74 Å². The van der Waals surface area contributed by atoms with Gasteiger partial charge in [0, 0.05) is 11.3 Å². The molecule has 1 aromatic heterocycles. The Labute approximate surface area is 117 Å². The molecule has 0 bridgehead atoms. The Hall–Kier alpha value is -2.11. The third-order valence-corrected chi connectivity index (χ3v) is 4.23. The fourth-order valence-corrected chi connectivity index (χ4v) is 2.48. The predicted molar refractivity (Wildman–Crippen MR) is 76.2 cm³/mol. The van der Waals surface area contributed by atoms with Crippen molar-refractivity contribution in [2.75, 3.05) is 12.8 Å². The Kier molecular flexibility index (Phi) is 3.08. The molecule has 6 heteroatoms. The zero-order valence-electron chi connectivity index (χ0n) is 11.8. The molecule has 2 N–H and O–H groups in total. The van der Waals surface area contributed by atoms with Crippen molar-refractivity contribution in [2.45, 2.75) is 32.7 Å². The number of ether oxygens (including phenoxy) is 1. The smallest absolute Gasteiger partial charge is 0.184 e. The molecule has 3 rings (SSSR count). The summed E-state index contributed by atoms with van der Waals surface area (Å²) in [5.74, 6) is 1.46. The molecule has 2 aromatic rings. The second-order valence-corrected chi connectivity index (χ2v) is 5.47. The Morgan fingerprint density at radius 2 is 2.20 bits per heavy atom. The highest BCUT2D eigenvalue weighted by atomic mass is 16.5. The van der Waals surface area contributed by atoms with Crippen LogP contribution in [-0.4, -0.2) is 27.3 Å². The molecular formula is C14H19N5O. The predicted octanol–water partition coefficient (Wildman–Crippen LogP) is 2.12. The molecule has 0 unspecified atom stereocenters. The van der Waals surface area contributed by atoms with Crippen molar-refractivity contribution in [3.05, 3.63) is 18.2 Å². The van der Waals surface area contributed by atoms with E-state index in [4.69, 9.17) is 10.5 Å². The monoisotopic (exact) mass is 273 g/mol.